The second-order valence-corrected chi connectivity index (χ2v) is 5.85. The van der Waals surface area contributed by atoms with E-state index in [1.807, 2.05) is 0 Å². The van der Waals surface area contributed by atoms with Crippen LogP contribution in [0.2, 0.25) is 0 Å². The fraction of sp³-hybridized carbons (Fsp3) is 0.533. The van der Waals surface area contributed by atoms with Gasteiger partial charge < -0.3 is 10.2 Å². The van der Waals surface area contributed by atoms with E-state index in [4.69, 9.17) is 0 Å². The average Bonchev–Trinajstić information content (AvgIpc) is 2.93. The van der Waals surface area contributed by atoms with Crippen molar-refractivity contribution in [1.82, 2.24) is 0 Å². The summed E-state index contributed by atoms with van der Waals surface area (Å²) in [7, 11) is 0. The summed E-state index contributed by atoms with van der Waals surface area (Å²) in [5.74, 6) is -0.315. The zero-order valence-electron chi connectivity index (χ0n) is 11.5. The third-order valence-corrected chi connectivity index (χ3v) is 4.03. The number of unbranched alkanes of at least 4 members (excludes halogenated alkanes) is 1. The van der Waals surface area contributed by atoms with Crippen LogP contribution in [0.25, 0.3) is 0 Å². The number of nitrogens with zero attached hydrogens (tertiary/aromatic N) is 1. The molecule has 1 N–H and O–H groups in total. The van der Waals surface area contributed by atoms with E-state index in [0.29, 0.717) is 17.8 Å². The van der Waals surface area contributed by atoms with Crippen LogP contribution in [0.1, 0.15) is 32.1 Å². The monoisotopic (exact) mass is 342 g/mol. The maximum absolute atomic E-state index is 14.1. The number of anilines is 2. The number of hydrogen-bond donors (Lipinski definition) is 1. The van der Waals surface area contributed by atoms with Gasteiger partial charge in [-0.3, -0.25) is 4.79 Å². The van der Waals surface area contributed by atoms with Gasteiger partial charge in [0.2, 0.25) is 5.91 Å². The zero-order valence-corrected chi connectivity index (χ0v) is 13.1. The van der Waals surface area contributed by atoms with Crippen molar-refractivity contribution in [2.45, 2.75) is 32.1 Å². The molecule has 1 aliphatic rings. The van der Waals surface area contributed by atoms with Gasteiger partial charge in [-0.2, -0.15) is 0 Å². The molecule has 1 saturated heterocycles. The molecule has 110 valence electrons. The summed E-state index contributed by atoms with van der Waals surface area (Å²) in [6, 6.07) is 4.95. The van der Waals surface area contributed by atoms with Crippen molar-refractivity contribution in [2.24, 2.45) is 0 Å². The molecule has 20 heavy (non-hydrogen) atoms. The fourth-order valence-electron chi connectivity index (χ4n) is 2.40. The molecule has 0 spiro atoms. The summed E-state index contributed by atoms with van der Waals surface area (Å²) in [6.07, 6.45) is 4.51. The molecular weight excluding hydrogens is 323 g/mol. The van der Waals surface area contributed by atoms with Crippen molar-refractivity contribution >= 4 is 33.2 Å². The summed E-state index contributed by atoms with van der Waals surface area (Å²) >= 11 is 3.33. The lowest BCUT2D eigenvalue weighted by atomic mass is 10.2. The number of rotatable bonds is 6. The van der Waals surface area contributed by atoms with Gasteiger partial charge in [0.1, 0.15) is 5.82 Å². The molecule has 3 nitrogen and oxygen atoms in total. The zero-order chi connectivity index (χ0) is 14.4. The van der Waals surface area contributed by atoms with Gasteiger partial charge in [0, 0.05) is 30.5 Å². The minimum atomic E-state index is -0.259. The van der Waals surface area contributed by atoms with Gasteiger partial charge in [-0.05, 0) is 43.9 Å². The Labute approximate surface area is 127 Å². The Bertz CT molecular complexity index is 461. The van der Waals surface area contributed by atoms with Gasteiger partial charge >= 0.3 is 0 Å². The number of alkyl halides is 1. The third-order valence-electron chi connectivity index (χ3n) is 3.47. The first-order chi connectivity index (χ1) is 9.70. The summed E-state index contributed by atoms with van der Waals surface area (Å²) in [4.78, 5) is 13.7. The molecule has 0 aromatic heterocycles. The highest BCUT2D eigenvalue weighted by Gasteiger charge is 2.16. The first kappa shape index (κ1) is 15.3. The number of carbonyl (C=O) groups excluding carboxylic acids is 1. The topological polar surface area (TPSA) is 32.3 Å². The molecule has 0 unspecified atom stereocenters. The molecule has 1 heterocycles. The highest BCUT2D eigenvalue weighted by Crippen LogP contribution is 2.26. The number of nitrogens with one attached hydrogen (secondary N) is 1. The van der Waals surface area contributed by atoms with Crippen molar-refractivity contribution in [3.8, 4) is 0 Å². The van der Waals surface area contributed by atoms with Crippen molar-refractivity contribution in [3.63, 3.8) is 0 Å². The summed E-state index contributed by atoms with van der Waals surface area (Å²) in [5.41, 5.74) is 1.18. The molecule has 0 atom stereocenters. The van der Waals surface area contributed by atoms with Crippen LogP contribution in [-0.2, 0) is 4.79 Å². The SMILES string of the molecule is O=C(CCCCBr)Nc1ccc(N2CCCC2)c(F)c1. The predicted octanol–water partition coefficient (Wildman–Crippen LogP) is 3.93. The first-order valence-electron chi connectivity index (χ1n) is 7.11. The van der Waals surface area contributed by atoms with Gasteiger partial charge in [0.15, 0.2) is 0 Å². The van der Waals surface area contributed by atoms with Crippen LogP contribution >= 0.6 is 15.9 Å². The van der Waals surface area contributed by atoms with Crippen LogP contribution in [0, 0.1) is 5.82 Å². The molecule has 1 aromatic carbocycles. The lowest BCUT2D eigenvalue weighted by molar-refractivity contribution is -0.116. The number of carbonyl (C=O) groups is 1. The van der Waals surface area contributed by atoms with E-state index in [2.05, 4.69) is 26.1 Å². The van der Waals surface area contributed by atoms with Gasteiger partial charge in [0.05, 0.1) is 5.69 Å². The number of hydrogen-bond acceptors (Lipinski definition) is 2. The molecule has 1 aromatic rings. The van der Waals surface area contributed by atoms with Gasteiger partial charge in [-0.1, -0.05) is 15.9 Å². The van der Waals surface area contributed by atoms with Crippen molar-refractivity contribution in [1.29, 1.82) is 0 Å². The normalized spacial score (nSPS) is 14.6. The smallest absolute Gasteiger partial charge is 0.224 e. The molecule has 0 bridgehead atoms. The fourth-order valence-corrected chi connectivity index (χ4v) is 2.80. The maximum Gasteiger partial charge on any atom is 0.224 e. The number of amides is 1. The lowest BCUT2D eigenvalue weighted by Gasteiger charge is -2.18. The molecule has 0 saturated carbocycles. The molecule has 2 rings (SSSR count). The molecular formula is C15H20BrFN2O. The van der Waals surface area contributed by atoms with E-state index in [1.165, 1.54) is 6.07 Å². The van der Waals surface area contributed by atoms with Crippen molar-refractivity contribution < 1.29 is 9.18 Å². The second kappa shape index (κ2) is 7.62. The minimum Gasteiger partial charge on any atom is -0.369 e. The Kier molecular flexibility index (Phi) is 5.83. The summed E-state index contributed by atoms with van der Waals surface area (Å²) in [6.45, 7) is 1.82. The third kappa shape index (κ3) is 4.20. The van der Waals surface area contributed by atoms with E-state index in [1.54, 1.807) is 12.1 Å². The van der Waals surface area contributed by atoms with E-state index in [-0.39, 0.29) is 11.7 Å². The van der Waals surface area contributed by atoms with E-state index in [0.717, 1.165) is 44.1 Å². The average molecular weight is 343 g/mol. The van der Waals surface area contributed by atoms with E-state index < -0.39 is 0 Å². The second-order valence-electron chi connectivity index (χ2n) is 5.05. The summed E-state index contributed by atoms with van der Waals surface area (Å²) in [5, 5.41) is 3.65. The van der Waals surface area contributed by atoms with E-state index >= 15 is 0 Å². The van der Waals surface area contributed by atoms with Crippen LogP contribution in [0.3, 0.4) is 0 Å². The molecule has 1 fully saturated rings. The number of halogens is 2. The first-order valence-corrected chi connectivity index (χ1v) is 8.23. The van der Waals surface area contributed by atoms with Crippen LogP contribution in [-0.4, -0.2) is 24.3 Å². The standard InChI is InChI=1S/C15H20BrFN2O/c16-8-2-1-5-15(20)18-12-6-7-14(13(17)11-12)19-9-3-4-10-19/h6-7,11H,1-5,8-10H2,(H,18,20). The number of benzene rings is 1. The highest BCUT2D eigenvalue weighted by atomic mass is 79.9. The lowest BCUT2D eigenvalue weighted by Crippen LogP contribution is -2.19. The van der Waals surface area contributed by atoms with Crippen molar-refractivity contribution in [3.05, 3.63) is 24.0 Å². The Balaban J connectivity index is 1.93. The maximum atomic E-state index is 14.1. The molecule has 1 aliphatic heterocycles. The van der Waals surface area contributed by atoms with Gasteiger partial charge in [0.25, 0.3) is 0 Å². The predicted molar refractivity (Wildman–Crippen MR) is 84.1 cm³/mol. The van der Waals surface area contributed by atoms with Crippen molar-refractivity contribution in [2.75, 3.05) is 28.6 Å². The van der Waals surface area contributed by atoms with Crippen LogP contribution < -0.4 is 10.2 Å². The summed E-state index contributed by atoms with van der Waals surface area (Å²) < 4.78 is 14.1. The quantitative estimate of drug-likeness (QED) is 0.627. The Morgan fingerprint density at radius 1 is 1.30 bits per heavy atom. The van der Waals surface area contributed by atoms with Crippen LogP contribution in [0.15, 0.2) is 18.2 Å². The largest absolute Gasteiger partial charge is 0.369 e. The van der Waals surface area contributed by atoms with E-state index in [9.17, 15) is 9.18 Å². The van der Waals surface area contributed by atoms with Gasteiger partial charge in [-0.25, -0.2) is 4.39 Å². The molecule has 0 radical (unpaired) electrons. The van der Waals surface area contributed by atoms with Crippen LogP contribution in [0.4, 0.5) is 15.8 Å². The van der Waals surface area contributed by atoms with Gasteiger partial charge in [-0.15, -0.1) is 0 Å². The minimum absolute atomic E-state index is 0.0562. The molecule has 0 aliphatic carbocycles. The molecule has 5 heteroatoms. The Morgan fingerprint density at radius 3 is 2.70 bits per heavy atom. The highest BCUT2D eigenvalue weighted by molar-refractivity contribution is 9.09. The van der Waals surface area contributed by atoms with Crippen LogP contribution in [0.5, 0.6) is 0 Å². The molecule has 1 amide bonds. The Hall–Kier alpha value is -1.10. The Morgan fingerprint density at radius 2 is 2.05 bits per heavy atom.